The van der Waals surface area contributed by atoms with Gasteiger partial charge in [0, 0.05) is 23.6 Å². The number of thiophene rings is 1. The molecule has 0 saturated carbocycles. The van der Waals surface area contributed by atoms with Gasteiger partial charge in [-0.25, -0.2) is 0 Å². The normalized spacial score (nSPS) is 11.2. The van der Waals surface area contributed by atoms with Crippen molar-refractivity contribution >= 4 is 34.5 Å². The average Bonchev–Trinajstić information content (AvgIpc) is 3.43. The van der Waals surface area contributed by atoms with Gasteiger partial charge in [0.15, 0.2) is 0 Å². The van der Waals surface area contributed by atoms with Crippen molar-refractivity contribution in [1.82, 2.24) is 0 Å². The van der Waals surface area contributed by atoms with Gasteiger partial charge >= 0.3 is 0 Å². The molecule has 0 aliphatic heterocycles. The lowest BCUT2D eigenvalue weighted by atomic mass is 10.0. The van der Waals surface area contributed by atoms with Crippen LogP contribution in [-0.2, 0) is 9.59 Å². The van der Waals surface area contributed by atoms with Crippen LogP contribution in [0.3, 0.4) is 0 Å². The van der Waals surface area contributed by atoms with E-state index < -0.39 is 0 Å². The highest BCUT2D eigenvalue weighted by atomic mass is 32.1. The zero-order valence-corrected chi connectivity index (χ0v) is 29.4. The standard InChI is InChI=1S/C38H70N2O2S/c1-3-5-7-9-11-13-15-17-19-21-23-25-27-29-31-37(41)39-35-33-43-34-36(35)40-38(42)32-30-28-26-24-22-20-18-16-14-12-10-8-6-4-2/h33-34H,3-32H2,1-2H3,(H,39,41)(H,40,42). The number of amides is 2. The van der Waals surface area contributed by atoms with Crippen LogP contribution in [0, 0.1) is 0 Å². The van der Waals surface area contributed by atoms with Crippen LogP contribution in [0.15, 0.2) is 10.8 Å². The highest BCUT2D eigenvalue weighted by Crippen LogP contribution is 2.27. The van der Waals surface area contributed by atoms with Gasteiger partial charge in [-0.3, -0.25) is 9.59 Å². The van der Waals surface area contributed by atoms with Crippen LogP contribution in [0.1, 0.15) is 206 Å². The summed E-state index contributed by atoms with van der Waals surface area (Å²) in [5.74, 6) is 0.111. The zero-order chi connectivity index (χ0) is 31.1. The van der Waals surface area contributed by atoms with E-state index in [2.05, 4.69) is 24.5 Å². The molecule has 0 radical (unpaired) electrons. The van der Waals surface area contributed by atoms with E-state index in [1.54, 1.807) is 0 Å². The van der Waals surface area contributed by atoms with Crippen LogP contribution >= 0.6 is 11.3 Å². The summed E-state index contributed by atoms with van der Waals surface area (Å²) in [7, 11) is 0. The van der Waals surface area contributed by atoms with Crippen molar-refractivity contribution in [1.29, 1.82) is 0 Å². The Hall–Kier alpha value is -1.36. The number of unbranched alkanes of at least 4 members (excludes halogenated alkanes) is 26. The van der Waals surface area contributed by atoms with Crippen LogP contribution in [0.5, 0.6) is 0 Å². The molecule has 4 nitrogen and oxygen atoms in total. The van der Waals surface area contributed by atoms with Crippen LogP contribution in [0.4, 0.5) is 11.4 Å². The monoisotopic (exact) mass is 619 g/mol. The van der Waals surface area contributed by atoms with E-state index >= 15 is 0 Å². The first-order chi connectivity index (χ1) is 21.2. The molecular formula is C38H70N2O2S. The summed E-state index contributed by atoms with van der Waals surface area (Å²) < 4.78 is 0. The second kappa shape index (κ2) is 30.7. The Bertz CT molecular complexity index is 702. The molecule has 1 aromatic heterocycles. The quantitative estimate of drug-likeness (QED) is 0.0789. The van der Waals surface area contributed by atoms with Gasteiger partial charge in [-0.2, -0.15) is 0 Å². The fourth-order valence-corrected chi connectivity index (χ4v) is 6.59. The molecule has 0 fully saturated rings. The molecule has 1 rings (SSSR count). The minimum Gasteiger partial charge on any atom is -0.324 e. The summed E-state index contributed by atoms with van der Waals surface area (Å²) in [5, 5.41) is 9.88. The second-order valence-corrected chi connectivity index (χ2v) is 13.7. The number of nitrogens with one attached hydrogen (secondary N) is 2. The fourth-order valence-electron chi connectivity index (χ4n) is 5.88. The largest absolute Gasteiger partial charge is 0.324 e. The smallest absolute Gasteiger partial charge is 0.224 e. The molecule has 0 aliphatic rings. The van der Waals surface area contributed by atoms with Crippen molar-refractivity contribution in [2.45, 2.75) is 206 Å². The Kier molecular flexibility index (Phi) is 28.3. The Balaban J connectivity index is 1.96. The lowest BCUT2D eigenvalue weighted by Crippen LogP contribution is -2.15. The van der Waals surface area contributed by atoms with E-state index in [0.29, 0.717) is 12.8 Å². The van der Waals surface area contributed by atoms with E-state index in [4.69, 9.17) is 0 Å². The molecule has 2 N–H and O–H groups in total. The Morgan fingerprint density at radius 3 is 0.907 bits per heavy atom. The molecule has 250 valence electrons. The average molecular weight is 619 g/mol. The third-order valence-electron chi connectivity index (χ3n) is 8.72. The van der Waals surface area contributed by atoms with E-state index in [9.17, 15) is 9.59 Å². The van der Waals surface area contributed by atoms with Crippen molar-refractivity contribution < 1.29 is 9.59 Å². The van der Waals surface area contributed by atoms with Crippen molar-refractivity contribution in [2.24, 2.45) is 0 Å². The van der Waals surface area contributed by atoms with E-state index in [1.165, 1.54) is 165 Å². The van der Waals surface area contributed by atoms with Gasteiger partial charge in [0.05, 0.1) is 11.4 Å². The maximum absolute atomic E-state index is 12.5. The van der Waals surface area contributed by atoms with Gasteiger partial charge < -0.3 is 10.6 Å². The molecule has 43 heavy (non-hydrogen) atoms. The first kappa shape index (κ1) is 39.7. The van der Waals surface area contributed by atoms with Crippen molar-refractivity contribution in [2.75, 3.05) is 10.6 Å². The number of carbonyl (C=O) groups excluding carboxylic acids is 2. The maximum Gasteiger partial charge on any atom is 0.224 e. The SMILES string of the molecule is CCCCCCCCCCCCCCCCC(=O)Nc1cscc1NC(=O)CCCCCCCCCCCCCCCC. The number of rotatable bonds is 32. The van der Waals surface area contributed by atoms with Gasteiger partial charge in [0.1, 0.15) is 0 Å². The summed E-state index contributed by atoms with van der Waals surface area (Å²) in [6.07, 6.45) is 38.0. The first-order valence-corrected chi connectivity index (χ1v) is 19.8. The maximum atomic E-state index is 12.5. The summed E-state index contributed by atoms with van der Waals surface area (Å²) in [6.45, 7) is 4.55. The van der Waals surface area contributed by atoms with Crippen molar-refractivity contribution in [3.05, 3.63) is 10.8 Å². The molecule has 0 saturated heterocycles. The minimum atomic E-state index is 0.0554. The molecule has 1 heterocycles. The van der Waals surface area contributed by atoms with E-state index in [-0.39, 0.29) is 11.8 Å². The topological polar surface area (TPSA) is 58.2 Å². The molecule has 0 spiro atoms. The summed E-state index contributed by atoms with van der Waals surface area (Å²) >= 11 is 1.52. The third kappa shape index (κ3) is 25.6. The number of anilines is 2. The minimum absolute atomic E-state index is 0.0554. The summed E-state index contributed by atoms with van der Waals surface area (Å²) in [4.78, 5) is 24.9. The molecule has 0 unspecified atom stereocenters. The van der Waals surface area contributed by atoms with Crippen LogP contribution in [0.2, 0.25) is 0 Å². The Morgan fingerprint density at radius 2 is 0.651 bits per heavy atom. The van der Waals surface area contributed by atoms with E-state index in [1.807, 2.05) is 10.8 Å². The molecular weight excluding hydrogens is 548 g/mol. The molecule has 0 aliphatic carbocycles. The zero-order valence-electron chi connectivity index (χ0n) is 28.6. The van der Waals surface area contributed by atoms with E-state index in [0.717, 1.165) is 37.1 Å². The van der Waals surface area contributed by atoms with Gasteiger partial charge in [0.2, 0.25) is 11.8 Å². The predicted octanol–water partition coefficient (Wildman–Crippen LogP) is 13.4. The Morgan fingerprint density at radius 1 is 0.419 bits per heavy atom. The number of hydrogen-bond acceptors (Lipinski definition) is 3. The number of carbonyl (C=O) groups is 2. The third-order valence-corrected chi connectivity index (χ3v) is 9.47. The predicted molar refractivity (Wildman–Crippen MR) is 191 cm³/mol. The summed E-state index contributed by atoms with van der Waals surface area (Å²) in [6, 6.07) is 0. The Labute approximate surface area is 271 Å². The molecule has 1 aromatic rings. The molecule has 2 amide bonds. The highest BCUT2D eigenvalue weighted by Gasteiger charge is 2.11. The molecule has 0 aromatic carbocycles. The van der Waals surface area contributed by atoms with Crippen molar-refractivity contribution in [3.63, 3.8) is 0 Å². The van der Waals surface area contributed by atoms with Crippen LogP contribution < -0.4 is 10.6 Å². The first-order valence-electron chi connectivity index (χ1n) is 18.8. The second-order valence-electron chi connectivity index (χ2n) is 13.0. The molecule has 5 heteroatoms. The van der Waals surface area contributed by atoms with Gasteiger partial charge in [-0.05, 0) is 12.8 Å². The molecule has 0 atom stereocenters. The lowest BCUT2D eigenvalue weighted by Gasteiger charge is -2.09. The molecule has 0 bridgehead atoms. The summed E-state index contributed by atoms with van der Waals surface area (Å²) in [5.41, 5.74) is 1.49. The highest BCUT2D eigenvalue weighted by molar-refractivity contribution is 7.09. The van der Waals surface area contributed by atoms with Gasteiger partial charge in [-0.1, -0.05) is 181 Å². The van der Waals surface area contributed by atoms with Crippen molar-refractivity contribution in [3.8, 4) is 0 Å². The lowest BCUT2D eigenvalue weighted by molar-refractivity contribution is -0.117. The number of hydrogen-bond donors (Lipinski definition) is 2. The fraction of sp³-hybridized carbons (Fsp3) is 0.842. The van der Waals surface area contributed by atoms with Crippen LogP contribution in [-0.4, -0.2) is 11.8 Å². The van der Waals surface area contributed by atoms with Crippen LogP contribution in [0.25, 0.3) is 0 Å². The van der Waals surface area contributed by atoms with Gasteiger partial charge in [0.25, 0.3) is 0 Å². The van der Waals surface area contributed by atoms with Gasteiger partial charge in [-0.15, -0.1) is 11.3 Å².